The van der Waals surface area contributed by atoms with Gasteiger partial charge in [0.2, 0.25) is 0 Å². The summed E-state index contributed by atoms with van der Waals surface area (Å²) in [6.07, 6.45) is 2.09. The smallest absolute Gasteiger partial charge is 0.331 e. The molecule has 0 radical (unpaired) electrons. The monoisotopic (exact) mass is 202 g/mol. The molecular formula is C10H18O4. The lowest BCUT2D eigenvalue weighted by atomic mass is 10.2. The number of ether oxygens (including phenoxy) is 2. The molecule has 0 aromatic heterocycles. The van der Waals surface area contributed by atoms with Crippen LogP contribution in [0.5, 0.6) is 0 Å². The third kappa shape index (κ3) is 5.72. The van der Waals surface area contributed by atoms with E-state index in [-0.39, 0.29) is 6.10 Å². The molecule has 0 spiro atoms. The van der Waals surface area contributed by atoms with E-state index < -0.39 is 5.97 Å². The highest BCUT2D eigenvalue weighted by molar-refractivity contribution is 5.86. The maximum Gasteiger partial charge on any atom is 0.331 e. The highest BCUT2D eigenvalue weighted by Gasteiger charge is 2.04. The molecule has 82 valence electrons. The number of hydrogen-bond acceptors (Lipinski definition) is 3. The van der Waals surface area contributed by atoms with E-state index in [1.807, 2.05) is 6.92 Å². The van der Waals surface area contributed by atoms with Gasteiger partial charge in [0.25, 0.3) is 0 Å². The third-order valence-electron chi connectivity index (χ3n) is 1.77. The Morgan fingerprint density at radius 1 is 1.57 bits per heavy atom. The van der Waals surface area contributed by atoms with Gasteiger partial charge in [-0.05, 0) is 19.4 Å². The van der Waals surface area contributed by atoms with E-state index in [2.05, 4.69) is 0 Å². The molecule has 0 aliphatic heterocycles. The number of aliphatic carboxylic acids is 1. The summed E-state index contributed by atoms with van der Waals surface area (Å²) in [5.41, 5.74) is 0.384. The van der Waals surface area contributed by atoms with Gasteiger partial charge in [-0.25, -0.2) is 4.79 Å². The van der Waals surface area contributed by atoms with Crippen molar-refractivity contribution in [2.24, 2.45) is 0 Å². The summed E-state index contributed by atoms with van der Waals surface area (Å²) >= 11 is 0. The summed E-state index contributed by atoms with van der Waals surface area (Å²) in [6.45, 7) is 4.52. The first kappa shape index (κ1) is 13.1. The summed E-state index contributed by atoms with van der Waals surface area (Å²) in [5.74, 6) is -0.879. The lowest BCUT2D eigenvalue weighted by Gasteiger charge is -2.09. The van der Waals surface area contributed by atoms with Crippen molar-refractivity contribution in [3.8, 4) is 0 Å². The molecule has 0 aromatic carbocycles. The fraction of sp³-hybridized carbons (Fsp3) is 0.700. The van der Waals surface area contributed by atoms with Crippen molar-refractivity contribution in [3.63, 3.8) is 0 Å². The molecule has 14 heavy (non-hydrogen) atoms. The molecule has 1 unspecified atom stereocenters. The molecule has 0 aliphatic rings. The van der Waals surface area contributed by atoms with E-state index in [0.29, 0.717) is 25.2 Å². The van der Waals surface area contributed by atoms with Crippen LogP contribution in [0.2, 0.25) is 0 Å². The number of carboxylic acid groups (broad SMARTS) is 1. The number of carbonyl (C=O) groups is 1. The zero-order chi connectivity index (χ0) is 11.0. The van der Waals surface area contributed by atoms with Gasteiger partial charge in [0.1, 0.15) is 0 Å². The van der Waals surface area contributed by atoms with Crippen LogP contribution in [-0.2, 0) is 14.3 Å². The van der Waals surface area contributed by atoms with Gasteiger partial charge in [-0.2, -0.15) is 0 Å². The van der Waals surface area contributed by atoms with Crippen molar-refractivity contribution < 1.29 is 19.4 Å². The van der Waals surface area contributed by atoms with Gasteiger partial charge in [-0.3, -0.25) is 0 Å². The van der Waals surface area contributed by atoms with Crippen LogP contribution >= 0.6 is 0 Å². The summed E-state index contributed by atoms with van der Waals surface area (Å²) < 4.78 is 10.2. The third-order valence-corrected chi connectivity index (χ3v) is 1.77. The van der Waals surface area contributed by atoms with Crippen LogP contribution in [-0.4, -0.2) is 37.5 Å². The Morgan fingerprint density at radius 2 is 2.21 bits per heavy atom. The second-order valence-corrected chi connectivity index (χ2v) is 2.99. The van der Waals surface area contributed by atoms with Crippen LogP contribution < -0.4 is 0 Å². The minimum Gasteiger partial charge on any atom is -0.478 e. The zero-order valence-corrected chi connectivity index (χ0v) is 8.95. The number of methoxy groups -OCH3 is 1. The average Bonchev–Trinajstić information content (AvgIpc) is 2.12. The lowest BCUT2D eigenvalue weighted by molar-refractivity contribution is -0.132. The Hall–Kier alpha value is -0.870. The van der Waals surface area contributed by atoms with E-state index in [9.17, 15) is 4.79 Å². The van der Waals surface area contributed by atoms with Gasteiger partial charge in [-0.1, -0.05) is 6.92 Å². The van der Waals surface area contributed by atoms with Crippen molar-refractivity contribution in [1.82, 2.24) is 0 Å². The van der Waals surface area contributed by atoms with E-state index in [1.165, 1.54) is 0 Å². The second-order valence-electron chi connectivity index (χ2n) is 2.99. The maximum absolute atomic E-state index is 10.6. The fourth-order valence-corrected chi connectivity index (χ4v) is 0.979. The Labute approximate surface area is 84.5 Å². The van der Waals surface area contributed by atoms with Gasteiger partial charge in [-0.15, -0.1) is 0 Å². The highest BCUT2D eigenvalue weighted by atomic mass is 16.5. The predicted molar refractivity (Wildman–Crippen MR) is 53.3 cm³/mol. The lowest BCUT2D eigenvalue weighted by Crippen LogP contribution is -2.15. The minimum absolute atomic E-state index is 0.0110. The van der Waals surface area contributed by atoms with Crippen LogP contribution in [0, 0.1) is 0 Å². The first-order valence-corrected chi connectivity index (χ1v) is 4.64. The Bertz CT molecular complexity index is 198. The second kappa shape index (κ2) is 7.53. The van der Waals surface area contributed by atoms with E-state index in [4.69, 9.17) is 14.6 Å². The molecule has 1 atom stereocenters. The van der Waals surface area contributed by atoms with Gasteiger partial charge >= 0.3 is 5.97 Å². The first-order chi connectivity index (χ1) is 6.61. The molecular weight excluding hydrogens is 184 g/mol. The molecule has 4 nitrogen and oxygen atoms in total. The summed E-state index contributed by atoms with van der Waals surface area (Å²) in [4.78, 5) is 10.6. The van der Waals surface area contributed by atoms with Gasteiger partial charge in [0.15, 0.2) is 0 Å². The van der Waals surface area contributed by atoms with E-state index in [0.717, 1.165) is 0 Å². The fourth-order valence-electron chi connectivity index (χ4n) is 0.979. The molecule has 0 aliphatic carbocycles. The van der Waals surface area contributed by atoms with Crippen molar-refractivity contribution in [2.45, 2.75) is 26.4 Å². The summed E-state index contributed by atoms with van der Waals surface area (Å²) in [7, 11) is 1.60. The summed E-state index contributed by atoms with van der Waals surface area (Å²) in [5, 5.41) is 8.69. The molecule has 0 rings (SSSR count). The van der Waals surface area contributed by atoms with E-state index >= 15 is 0 Å². The van der Waals surface area contributed by atoms with Crippen LogP contribution in [0.4, 0.5) is 0 Å². The minimum atomic E-state index is -0.879. The largest absolute Gasteiger partial charge is 0.478 e. The van der Waals surface area contributed by atoms with Crippen molar-refractivity contribution in [2.75, 3.05) is 20.3 Å². The maximum atomic E-state index is 10.6. The van der Waals surface area contributed by atoms with Crippen molar-refractivity contribution >= 4 is 5.97 Å². The van der Waals surface area contributed by atoms with Gasteiger partial charge < -0.3 is 14.6 Å². The quantitative estimate of drug-likeness (QED) is 0.635. The standard InChI is InChI=1S/C10H18O4/c1-4-9(10(11)12)5-6-14-8(2)7-13-3/h5,8H,4,6-7H2,1-3H3,(H,11,12). The summed E-state index contributed by atoms with van der Waals surface area (Å²) in [6, 6.07) is 0. The SMILES string of the molecule is CCC(=CCOC(C)COC)C(=O)O. The van der Waals surface area contributed by atoms with Crippen molar-refractivity contribution in [3.05, 3.63) is 11.6 Å². The Morgan fingerprint density at radius 3 is 2.64 bits per heavy atom. The highest BCUT2D eigenvalue weighted by Crippen LogP contribution is 2.01. The topological polar surface area (TPSA) is 55.8 Å². The molecule has 0 saturated heterocycles. The zero-order valence-electron chi connectivity index (χ0n) is 8.95. The first-order valence-electron chi connectivity index (χ1n) is 4.64. The molecule has 4 heteroatoms. The predicted octanol–water partition coefficient (Wildman–Crippen LogP) is 1.46. The molecule has 0 amide bonds. The van der Waals surface area contributed by atoms with Crippen LogP contribution in [0.1, 0.15) is 20.3 Å². The Kier molecular flexibility index (Phi) is 7.06. The normalized spacial score (nSPS) is 14.1. The van der Waals surface area contributed by atoms with Crippen LogP contribution in [0.25, 0.3) is 0 Å². The van der Waals surface area contributed by atoms with Crippen LogP contribution in [0.3, 0.4) is 0 Å². The molecule has 0 aromatic rings. The molecule has 0 saturated carbocycles. The number of carboxylic acids is 1. The van der Waals surface area contributed by atoms with Gasteiger partial charge in [0.05, 0.1) is 19.3 Å². The molecule has 1 N–H and O–H groups in total. The molecule has 0 bridgehead atoms. The van der Waals surface area contributed by atoms with Gasteiger partial charge in [0, 0.05) is 12.7 Å². The number of rotatable bonds is 7. The van der Waals surface area contributed by atoms with Crippen LogP contribution in [0.15, 0.2) is 11.6 Å². The van der Waals surface area contributed by atoms with Crippen molar-refractivity contribution in [1.29, 1.82) is 0 Å². The Balaban J connectivity index is 3.84. The molecule has 0 heterocycles. The molecule has 0 fully saturated rings. The number of hydrogen-bond donors (Lipinski definition) is 1. The average molecular weight is 202 g/mol. The van der Waals surface area contributed by atoms with E-state index in [1.54, 1.807) is 20.1 Å².